The van der Waals surface area contributed by atoms with Crippen LogP contribution in [0.1, 0.15) is 34.3 Å². The van der Waals surface area contributed by atoms with Gasteiger partial charge < -0.3 is 19.6 Å². The van der Waals surface area contributed by atoms with Crippen LogP contribution < -0.4 is 10.1 Å². The van der Waals surface area contributed by atoms with Gasteiger partial charge in [0.15, 0.2) is 11.5 Å². The monoisotopic (exact) mass is 324 g/mol. The lowest BCUT2D eigenvalue weighted by molar-refractivity contribution is 0.102. The number of aliphatic hydroxyl groups excluding tert-OH is 1. The molecule has 1 aromatic heterocycles. The van der Waals surface area contributed by atoms with Crippen molar-refractivity contribution in [1.82, 2.24) is 4.98 Å². The lowest BCUT2D eigenvalue weighted by atomic mass is 10.0. The summed E-state index contributed by atoms with van der Waals surface area (Å²) in [7, 11) is 0. The average molecular weight is 324 g/mol. The quantitative estimate of drug-likeness (QED) is 0.756. The molecule has 0 aliphatic carbocycles. The number of anilines is 1. The van der Waals surface area contributed by atoms with Gasteiger partial charge in [-0.05, 0) is 18.2 Å². The van der Waals surface area contributed by atoms with Gasteiger partial charge in [-0.2, -0.15) is 0 Å². The summed E-state index contributed by atoms with van der Waals surface area (Å²) in [4.78, 5) is 17.0. The highest BCUT2D eigenvalue weighted by molar-refractivity contribution is 6.11. The smallest absolute Gasteiger partial charge is 0.258 e. The Labute approximate surface area is 138 Å². The molecule has 122 valence electrons. The number of para-hydroxylation sites is 2. The number of rotatable bonds is 2. The van der Waals surface area contributed by atoms with Crippen LogP contribution in [0.5, 0.6) is 5.75 Å². The Morgan fingerprint density at radius 1 is 1.29 bits per heavy atom. The van der Waals surface area contributed by atoms with Crippen molar-refractivity contribution < 1.29 is 19.1 Å². The predicted molar refractivity (Wildman–Crippen MR) is 88.2 cm³/mol. The minimum atomic E-state index is -0.577. The highest BCUT2D eigenvalue weighted by Crippen LogP contribution is 2.38. The minimum absolute atomic E-state index is 0.300. The van der Waals surface area contributed by atoms with Gasteiger partial charge in [0.2, 0.25) is 0 Å². The molecule has 1 amide bonds. The number of amides is 1. The van der Waals surface area contributed by atoms with Gasteiger partial charge in [-0.3, -0.25) is 4.79 Å². The van der Waals surface area contributed by atoms with E-state index in [1.54, 1.807) is 43.3 Å². The molecule has 2 heterocycles. The Bertz CT molecular complexity index is 932. The third-order valence-electron chi connectivity index (χ3n) is 4.06. The predicted octanol–water partition coefficient (Wildman–Crippen LogP) is 3.20. The van der Waals surface area contributed by atoms with Crippen molar-refractivity contribution in [2.45, 2.75) is 19.4 Å². The molecule has 3 aromatic rings. The fourth-order valence-electron chi connectivity index (χ4n) is 2.94. The normalized spacial score (nSPS) is 16.5. The van der Waals surface area contributed by atoms with Crippen LogP contribution in [0, 0.1) is 6.92 Å². The summed E-state index contributed by atoms with van der Waals surface area (Å²) in [5.74, 6) is 0.730. The first-order valence-corrected chi connectivity index (χ1v) is 7.75. The number of carbonyl (C=O) groups is 1. The van der Waals surface area contributed by atoms with E-state index in [1.807, 2.05) is 0 Å². The van der Waals surface area contributed by atoms with E-state index in [1.165, 1.54) is 0 Å². The molecule has 0 spiro atoms. The zero-order chi connectivity index (χ0) is 16.7. The second-order valence-electron chi connectivity index (χ2n) is 5.72. The van der Waals surface area contributed by atoms with Crippen molar-refractivity contribution in [2.75, 3.05) is 11.9 Å². The lowest BCUT2D eigenvalue weighted by Gasteiger charge is -2.24. The fourth-order valence-corrected chi connectivity index (χ4v) is 2.94. The van der Waals surface area contributed by atoms with Gasteiger partial charge in [0.1, 0.15) is 11.3 Å². The van der Waals surface area contributed by atoms with Crippen LogP contribution in [0.4, 0.5) is 5.69 Å². The maximum absolute atomic E-state index is 12.7. The molecule has 6 heteroatoms. The van der Waals surface area contributed by atoms with Crippen molar-refractivity contribution in [3.63, 3.8) is 0 Å². The SMILES string of the molecule is Cc1nc2c(C(=O)Nc3cccc4c3OCCC4O)cccc2o1. The van der Waals surface area contributed by atoms with E-state index in [0.29, 0.717) is 52.6 Å². The molecule has 0 bridgehead atoms. The number of hydrogen-bond donors (Lipinski definition) is 2. The first kappa shape index (κ1) is 14.7. The average Bonchev–Trinajstić information content (AvgIpc) is 2.95. The number of aromatic nitrogens is 1. The number of nitrogens with zero attached hydrogens (tertiary/aromatic N) is 1. The summed E-state index contributed by atoms with van der Waals surface area (Å²) in [6.45, 7) is 2.16. The molecule has 1 aliphatic heterocycles. The third kappa shape index (κ3) is 2.41. The second-order valence-corrected chi connectivity index (χ2v) is 5.72. The number of carbonyl (C=O) groups excluding carboxylic acids is 1. The minimum Gasteiger partial charge on any atom is -0.491 e. The zero-order valence-electron chi connectivity index (χ0n) is 13.1. The van der Waals surface area contributed by atoms with Crippen molar-refractivity contribution in [2.24, 2.45) is 0 Å². The van der Waals surface area contributed by atoms with E-state index >= 15 is 0 Å². The summed E-state index contributed by atoms with van der Waals surface area (Å²) in [5, 5.41) is 12.9. The van der Waals surface area contributed by atoms with E-state index < -0.39 is 6.10 Å². The molecule has 6 nitrogen and oxygen atoms in total. The molecule has 2 aromatic carbocycles. The summed E-state index contributed by atoms with van der Waals surface area (Å²) in [6, 6.07) is 10.6. The van der Waals surface area contributed by atoms with Gasteiger partial charge in [-0.15, -0.1) is 0 Å². The largest absolute Gasteiger partial charge is 0.491 e. The number of ether oxygens (including phenoxy) is 1. The summed E-state index contributed by atoms with van der Waals surface area (Å²) < 4.78 is 11.1. The number of aryl methyl sites for hydroxylation is 1. The number of aliphatic hydroxyl groups is 1. The van der Waals surface area contributed by atoms with Crippen LogP contribution in [0.2, 0.25) is 0 Å². The topological polar surface area (TPSA) is 84.6 Å². The van der Waals surface area contributed by atoms with Gasteiger partial charge in [0.25, 0.3) is 5.91 Å². The van der Waals surface area contributed by atoms with E-state index in [0.717, 1.165) is 0 Å². The molecule has 24 heavy (non-hydrogen) atoms. The number of fused-ring (bicyclic) bond motifs is 2. The van der Waals surface area contributed by atoms with E-state index in [4.69, 9.17) is 9.15 Å². The fraction of sp³-hybridized carbons (Fsp3) is 0.222. The maximum atomic E-state index is 12.7. The molecule has 1 unspecified atom stereocenters. The second kappa shape index (κ2) is 5.65. The van der Waals surface area contributed by atoms with Crippen LogP contribution in [-0.4, -0.2) is 22.6 Å². The molecule has 0 saturated carbocycles. The van der Waals surface area contributed by atoms with Crippen molar-refractivity contribution in [3.8, 4) is 5.75 Å². The highest BCUT2D eigenvalue weighted by atomic mass is 16.5. The van der Waals surface area contributed by atoms with Crippen molar-refractivity contribution in [3.05, 3.63) is 53.4 Å². The zero-order valence-corrected chi connectivity index (χ0v) is 13.1. The van der Waals surface area contributed by atoms with Crippen LogP contribution in [-0.2, 0) is 0 Å². The van der Waals surface area contributed by atoms with Gasteiger partial charge in [0, 0.05) is 18.9 Å². The van der Waals surface area contributed by atoms with Crippen LogP contribution >= 0.6 is 0 Å². The molecule has 4 rings (SSSR count). The molecule has 0 saturated heterocycles. The first-order valence-electron chi connectivity index (χ1n) is 7.75. The summed E-state index contributed by atoms with van der Waals surface area (Å²) in [5.41, 5.74) is 2.75. The van der Waals surface area contributed by atoms with Crippen LogP contribution in [0.15, 0.2) is 40.8 Å². The molecule has 0 fully saturated rings. The maximum Gasteiger partial charge on any atom is 0.258 e. The van der Waals surface area contributed by atoms with Gasteiger partial charge in [0.05, 0.1) is 24.0 Å². The number of oxazole rings is 1. The molecule has 2 N–H and O–H groups in total. The molecule has 1 atom stereocenters. The molecular formula is C18H16N2O4. The standard InChI is InChI=1S/C18H16N2O4/c1-10-19-16-12(5-3-7-15(16)24-10)18(22)20-13-6-2-4-11-14(21)8-9-23-17(11)13/h2-7,14,21H,8-9H2,1H3,(H,20,22). The van der Waals surface area contributed by atoms with Gasteiger partial charge in [-0.1, -0.05) is 18.2 Å². The highest BCUT2D eigenvalue weighted by Gasteiger charge is 2.23. The Kier molecular flexibility index (Phi) is 3.46. The van der Waals surface area contributed by atoms with Gasteiger partial charge in [-0.25, -0.2) is 4.98 Å². The van der Waals surface area contributed by atoms with Crippen molar-refractivity contribution in [1.29, 1.82) is 0 Å². The summed E-state index contributed by atoms with van der Waals surface area (Å²) >= 11 is 0. The van der Waals surface area contributed by atoms with Gasteiger partial charge >= 0.3 is 0 Å². The van der Waals surface area contributed by atoms with E-state index in [2.05, 4.69) is 10.3 Å². The first-order chi connectivity index (χ1) is 11.6. The van der Waals surface area contributed by atoms with E-state index in [-0.39, 0.29) is 5.91 Å². The third-order valence-corrected chi connectivity index (χ3v) is 4.06. The Morgan fingerprint density at radius 2 is 2.12 bits per heavy atom. The summed E-state index contributed by atoms with van der Waals surface area (Å²) in [6.07, 6.45) is -0.0331. The van der Waals surface area contributed by atoms with E-state index in [9.17, 15) is 9.90 Å². The number of hydrogen-bond acceptors (Lipinski definition) is 5. The van der Waals surface area contributed by atoms with Crippen LogP contribution in [0.3, 0.4) is 0 Å². The molecule has 1 aliphatic rings. The van der Waals surface area contributed by atoms with Crippen LogP contribution in [0.25, 0.3) is 11.1 Å². The number of nitrogens with one attached hydrogen (secondary N) is 1. The lowest BCUT2D eigenvalue weighted by Crippen LogP contribution is -2.18. The Hall–Kier alpha value is -2.86. The molecule has 0 radical (unpaired) electrons. The Balaban J connectivity index is 1.71. The Morgan fingerprint density at radius 3 is 3.00 bits per heavy atom. The van der Waals surface area contributed by atoms with Crippen molar-refractivity contribution >= 4 is 22.7 Å². The molecular weight excluding hydrogens is 308 g/mol. The number of benzene rings is 2.